The second-order valence-electron chi connectivity index (χ2n) is 6.75. The summed E-state index contributed by atoms with van der Waals surface area (Å²) in [6.07, 6.45) is 0.915. The molecule has 1 heterocycles. The average molecular weight is 463 g/mol. The number of nitrogens with one attached hydrogen (secondary N) is 1. The molecule has 3 aromatic rings. The number of thiazole rings is 1. The molecular formula is C21H22N2O6S2. The number of amides is 1. The molecule has 1 N–H and O–H groups in total. The van der Waals surface area contributed by atoms with E-state index in [2.05, 4.69) is 10.3 Å². The summed E-state index contributed by atoms with van der Waals surface area (Å²) in [4.78, 5) is 16.6. The highest BCUT2D eigenvalue weighted by Crippen LogP contribution is 2.31. The fraction of sp³-hybridized carbons (Fsp3) is 0.238. The summed E-state index contributed by atoms with van der Waals surface area (Å²) in [5.41, 5.74) is 2.35. The number of anilines is 1. The second-order valence-corrected chi connectivity index (χ2v) is 9.48. The van der Waals surface area contributed by atoms with Crippen LogP contribution < -0.4 is 14.8 Å². The van der Waals surface area contributed by atoms with Gasteiger partial charge < -0.3 is 19.5 Å². The van der Waals surface area contributed by atoms with Crippen LogP contribution in [0.15, 0.2) is 58.3 Å². The van der Waals surface area contributed by atoms with Crippen LogP contribution >= 0.6 is 11.3 Å². The quantitative estimate of drug-likeness (QED) is 0.512. The van der Waals surface area contributed by atoms with Crippen molar-refractivity contribution in [2.45, 2.75) is 17.9 Å². The Labute approximate surface area is 184 Å². The number of benzene rings is 2. The predicted molar refractivity (Wildman–Crippen MR) is 118 cm³/mol. The number of nitrogens with zero attached hydrogens (tertiary/aromatic N) is 1. The van der Waals surface area contributed by atoms with Gasteiger partial charge in [0.05, 0.1) is 17.0 Å². The van der Waals surface area contributed by atoms with Gasteiger partial charge in [0.25, 0.3) is 5.91 Å². The first-order valence-electron chi connectivity index (χ1n) is 9.23. The molecule has 1 amide bonds. The van der Waals surface area contributed by atoms with Gasteiger partial charge in [-0.25, -0.2) is 13.4 Å². The van der Waals surface area contributed by atoms with Gasteiger partial charge in [0.1, 0.15) is 29.0 Å². The molecule has 0 saturated carbocycles. The molecule has 0 fully saturated rings. The van der Waals surface area contributed by atoms with E-state index in [0.717, 1.165) is 6.26 Å². The molecule has 0 aliphatic carbocycles. The third-order valence-electron chi connectivity index (χ3n) is 4.03. The van der Waals surface area contributed by atoms with E-state index in [9.17, 15) is 13.2 Å². The Hall–Kier alpha value is -2.95. The van der Waals surface area contributed by atoms with Gasteiger partial charge in [0.2, 0.25) is 0 Å². The summed E-state index contributed by atoms with van der Waals surface area (Å²) < 4.78 is 40.1. The first kappa shape index (κ1) is 22.7. The van der Waals surface area contributed by atoms with Gasteiger partial charge in [0.15, 0.2) is 9.84 Å². The highest BCUT2D eigenvalue weighted by molar-refractivity contribution is 7.90. The van der Waals surface area contributed by atoms with Gasteiger partial charge >= 0.3 is 0 Å². The summed E-state index contributed by atoms with van der Waals surface area (Å²) in [6, 6.07) is 11.1. The molecular weight excluding hydrogens is 440 g/mol. The monoisotopic (exact) mass is 462 g/mol. The molecule has 1 atom stereocenters. The van der Waals surface area contributed by atoms with Gasteiger partial charge in [-0.05, 0) is 31.2 Å². The third-order valence-corrected chi connectivity index (χ3v) is 5.74. The smallest absolute Gasteiger partial charge is 0.275 e. The molecule has 164 valence electrons. The molecule has 1 aromatic heterocycles. The van der Waals surface area contributed by atoms with Crippen molar-refractivity contribution >= 4 is 32.8 Å². The van der Waals surface area contributed by atoms with Crippen LogP contribution in [0.3, 0.4) is 0 Å². The first-order chi connectivity index (χ1) is 14.7. The van der Waals surface area contributed by atoms with Crippen LogP contribution in [0.25, 0.3) is 0 Å². The summed E-state index contributed by atoms with van der Waals surface area (Å²) in [6.45, 7) is 2.24. The summed E-state index contributed by atoms with van der Waals surface area (Å²) >= 11 is 1.33. The molecule has 3 rings (SSSR count). The van der Waals surface area contributed by atoms with E-state index in [1.165, 1.54) is 23.5 Å². The molecule has 2 aromatic carbocycles. The van der Waals surface area contributed by atoms with E-state index in [0.29, 0.717) is 35.2 Å². The van der Waals surface area contributed by atoms with Crippen molar-refractivity contribution in [2.24, 2.45) is 0 Å². The topological polar surface area (TPSA) is 104 Å². The normalized spacial score (nSPS) is 12.2. The van der Waals surface area contributed by atoms with E-state index < -0.39 is 9.84 Å². The van der Waals surface area contributed by atoms with Gasteiger partial charge in [-0.2, -0.15) is 0 Å². The molecule has 0 spiro atoms. The van der Waals surface area contributed by atoms with Crippen molar-refractivity contribution in [1.29, 1.82) is 0 Å². The first-order valence-corrected chi connectivity index (χ1v) is 12.1. The zero-order valence-electron chi connectivity index (χ0n) is 17.2. The minimum Gasteiger partial charge on any atom is -0.488 e. The van der Waals surface area contributed by atoms with Crippen molar-refractivity contribution in [2.75, 3.05) is 25.3 Å². The standard InChI is InChI=1S/C21H22N2O6S2/c1-14(11-27-2)28-17-8-15(23-21(24)20-12-30-13-22-20)9-18(10-17)29-16-4-6-19(7-5-16)31(3,25)26/h4-10,12-14H,11H2,1-3H3,(H,23,24)/t14-/m0/s1. The number of methoxy groups -OCH3 is 1. The molecule has 0 unspecified atom stereocenters. The van der Waals surface area contributed by atoms with Crippen molar-refractivity contribution in [1.82, 2.24) is 4.98 Å². The zero-order chi connectivity index (χ0) is 22.4. The summed E-state index contributed by atoms with van der Waals surface area (Å²) in [7, 11) is -1.72. The molecule has 0 saturated heterocycles. The summed E-state index contributed by atoms with van der Waals surface area (Å²) in [5, 5.41) is 4.43. The molecule has 0 aliphatic heterocycles. The predicted octanol–water partition coefficient (Wildman–Crippen LogP) is 4.00. The molecule has 10 heteroatoms. The Kier molecular flexibility index (Phi) is 7.26. The number of ether oxygens (including phenoxy) is 3. The Balaban J connectivity index is 1.85. The maximum atomic E-state index is 12.4. The van der Waals surface area contributed by atoms with Crippen LogP contribution in [0.1, 0.15) is 17.4 Å². The number of sulfone groups is 1. The fourth-order valence-electron chi connectivity index (χ4n) is 2.68. The summed E-state index contributed by atoms with van der Waals surface area (Å²) in [5.74, 6) is 0.962. The van der Waals surface area contributed by atoms with Gasteiger partial charge in [-0.15, -0.1) is 11.3 Å². The lowest BCUT2D eigenvalue weighted by atomic mass is 10.2. The lowest BCUT2D eigenvalue weighted by molar-refractivity contribution is 0.0920. The molecule has 0 aliphatic rings. The number of hydrogen-bond donors (Lipinski definition) is 1. The fourth-order valence-corrected chi connectivity index (χ4v) is 3.85. The number of rotatable bonds is 9. The molecule has 31 heavy (non-hydrogen) atoms. The van der Waals surface area contributed by atoms with Gasteiger partial charge in [0, 0.05) is 42.6 Å². The Morgan fingerprint density at radius 2 is 1.84 bits per heavy atom. The Bertz CT molecular complexity index is 1130. The lowest BCUT2D eigenvalue weighted by Crippen LogP contribution is -2.18. The number of aromatic nitrogens is 1. The SMILES string of the molecule is COC[C@H](C)Oc1cc(NC(=O)c2cscn2)cc(Oc2ccc(S(C)(=O)=O)cc2)c1. The van der Waals surface area contributed by atoms with Gasteiger partial charge in [-0.3, -0.25) is 4.79 Å². The van der Waals surface area contributed by atoms with Crippen LogP contribution in [-0.2, 0) is 14.6 Å². The van der Waals surface area contributed by atoms with Crippen molar-refractivity contribution in [3.63, 3.8) is 0 Å². The average Bonchev–Trinajstić information content (AvgIpc) is 3.22. The van der Waals surface area contributed by atoms with Crippen molar-refractivity contribution in [3.8, 4) is 17.2 Å². The highest BCUT2D eigenvalue weighted by atomic mass is 32.2. The van der Waals surface area contributed by atoms with E-state index in [1.807, 2.05) is 6.92 Å². The minimum atomic E-state index is -3.30. The van der Waals surface area contributed by atoms with Crippen LogP contribution in [0, 0.1) is 0 Å². The van der Waals surface area contributed by atoms with Crippen LogP contribution in [-0.4, -0.2) is 45.4 Å². The maximum absolute atomic E-state index is 12.4. The van der Waals surface area contributed by atoms with Crippen LogP contribution in [0.4, 0.5) is 5.69 Å². The highest BCUT2D eigenvalue weighted by Gasteiger charge is 2.13. The second kappa shape index (κ2) is 9.90. The largest absolute Gasteiger partial charge is 0.488 e. The molecule has 8 nitrogen and oxygen atoms in total. The van der Waals surface area contributed by atoms with Crippen molar-refractivity contribution < 1.29 is 27.4 Å². The van der Waals surface area contributed by atoms with E-state index >= 15 is 0 Å². The molecule has 0 bridgehead atoms. The Morgan fingerprint density at radius 3 is 2.45 bits per heavy atom. The number of carbonyl (C=O) groups excluding carboxylic acids is 1. The van der Waals surface area contributed by atoms with Crippen LogP contribution in [0.5, 0.6) is 17.2 Å². The zero-order valence-corrected chi connectivity index (χ0v) is 18.8. The minimum absolute atomic E-state index is 0.196. The molecule has 0 radical (unpaired) electrons. The number of carbonyl (C=O) groups is 1. The van der Waals surface area contributed by atoms with Crippen molar-refractivity contribution in [3.05, 3.63) is 59.0 Å². The van der Waals surface area contributed by atoms with E-state index in [1.54, 1.807) is 48.3 Å². The lowest BCUT2D eigenvalue weighted by Gasteiger charge is -2.16. The van der Waals surface area contributed by atoms with Gasteiger partial charge in [-0.1, -0.05) is 0 Å². The Morgan fingerprint density at radius 1 is 1.13 bits per heavy atom. The maximum Gasteiger partial charge on any atom is 0.275 e. The van der Waals surface area contributed by atoms with E-state index in [4.69, 9.17) is 14.2 Å². The van der Waals surface area contributed by atoms with E-state index in [-0.39, 0.29) is 16.9 Å². The van der Waals surface area contributed by atoms with Crippen LogP contribution in [0.2, 0.25) is 0 Å². The number of hydrogen-bond acceptors (Lipinski definition) is 8. The third kappa shape index (κ3) is 6.51.